The Bertz CT molecular complexity index is 1010. The molecular formula is C24H34N2O5S. The SMILES string of the molecule is CC(C)C#Cc1ccc2c(c1)O[C@@H](CN(C)C(=O)C1CC1)[C@@H](C)CN([C@@H](C)CO)S2(=O)=O. The average Bonchev–Trinajstić information content (AvgIpc) is 3.58. The number of fused-ring (bicyclic) bond motifs is 1. The van der Waals surface area contributed by atoms with E-state index >= 15 is 0 Å². The number of rotatable bonds is 5. The summed E-state index contributed by atoms with van der Waals surface area (Å²) in [6, 6.07) is 4.29. The smallest absolute Gasteiger partial charge is 0.247 e. The first-order chi connectivity index (χ1) is 15.0. The minimum absolute atomic E-state index is 0.0565. The van der Waals surface area contributed by atoms with Crippen LogP contribution in [-0.2, 0) is 14.8 Å². The van der Waals surface area contributed by atoms with Crippen molar-refractivity contribution in [1.82, 2.24) is 9.21 Å². The number of sulfonamides is 1. The normalized spacial score (nSPS) is 23.7. The summed E-state index contributed by atoms with van der Waals surface area (Å²) in [4.78, 5) is 14.3. The summed E-state index contributed by atoms with van der Waals surface area (Å²) < 4.78 is 34.6. The van der Waals surface area contributed by atoms with Crippen molar-refractivity contribution in [2.75, 3.05) is 26.7 Å². The number of aliphatic hydroxyl groups is 1. The van der Waals surface area contributed by atoms with Crippen LogP contribution in [0.1, 0.15) is 46.1 Å². The fraction of sp³-hybridized carbons (Fsp3) is 0.625. The van der Waals surface area contributed by atoms with Crippen molar-refractivity contribution in [3.05, 3.63) is 23.8 Å². The third-order valence-electron chi connectivity index (χ3n) is 5.93. The zero-order chi connectivity index (χ0) is 23.6. The van der Waals surface area contributed by atoms with Crippen LogP contribution in [-0.4, -0.2) is 67.5 Å². The lowest BCUT2D eigenvalue weighted by Gasteiger charge is -2.37. The molecule has 1 aliphatic heterocycles. The maximum Gasteiger partial charge on any atom is 0.247 e. The second kappa shape index (κ2) is 9.82. The van der Waals surface area contributed by atoms with Crippen LogP contribution in [0.5, 0.6) is 5.75 Å². The molecular weight excluding hydrogens is 428 g/mol. The third-order valence-corrected chi connectivity index (χ3v) is 7.95. The summed E-state index contributed by atoms with van der Waals surface area (Å²) in [5, 5.41) is 9.73. The van der Waals surface area contributed by atoms with Crippen LogP contribution in [0.25, 0.3) is 0 Å². The van der Waals surface area contributed by atoms with Crippen molar-refractivity contribution in [1.29, 1.82) is 0 Å². The number of aliphatic hydroxyl groups excluding tert-OH is 1. The van der Waals surface area contributed by atoms with Gasteiger partial charge in [-0.05, 0) is 38.0 Å². The number of amides is 1. The van der Waals surface area contributed by atoms with Crippen LogP contribution >= 0.6 is 0 Å². The van der Waals surface area contributed by atoms with Gasteiger partial charge in [0.15, 0.2) is 0 Å². The third kappa shape index (κ3) is 5.45. The molecule has 0 spiro atoms. The predicted octanol–water partition coefficient (Wildman–Crippen LogP) is 2.33. The molecule has 1 N–H and O–H groups in total. The lowest BCUT2D eigenvalue weighted by atomic mass is 10.0. The Hall–Kier alpha value is -2.08. The number of hydrogen-bond acceptors (Lipinski definition) is 5. The van der Waals surface area contributed by atoms with Gasteiger partial charge >= 0.3 is 0 Å². The molecule has 1 heterocycles. The highest BCUT2D eigenvalue weighted by Gasteiger charge is 2.39. The maximum absolute atomic E-state index is 13.5. The Morgan fingerprint density at radius 3 is 2.59 bits per heavy atom. The molecule has 32 heavy (non-hydrogen) atoms. The van der Waals surface area contributed by atoms with Crippen molar-refractivity contribution in [3.63, 3.8) is 0 Å². The largest absolute Gasteiger partial charge is 0.487 e. The molecule has 0 saturated heterocycles. The monoisotopic (exact) mass is 462 g/mol. The Labute approximate surface area is 191 Å². The van der Waals surface area contributed by atoms with E-state index in [1.54, 1.807) is 31.0 Å². The van der Waals surface area contributed by atoms with Crippen molar-refractivity contribution in [2.24, 2.45) is 17.8 Å². The fourth-order valence-electron chi connectivity index (χ4n) is 3.75. The number of likely N-dealkylation sites (N-methyl/N-ethyl adjacent to an activating group) is 1. The summed E-state index contributed by atoms with van der Waals surface area (Å²) in [7, 11) is -2.12. The Morgan fingerprint density at radius 2 is 2.00 bits per heavy atom. The zero-order valence-electron chi connectivity index (χ0n) is 19.5. The van der Waals surface area contributed by atoms with E-state index in [0.29, 0.717) is 12.1 Å². The Balaban J connectivity index is 2.03. The van der Waals surface area contributed by atoms with E-state index in [9.17, 15) is 18.3 Å². The van der Waals surface area contributed by atoms with Gasteiger partial charge in [-0.15, -0.1) is 0 Å². The van der Waals surface area contributed by atoms with Crippen molar-refractivity contribution in [2.45, 2.75) is 57.6 Å². The standard InChI is InChI=1S/C24H34N2O5S/c1-16(2)6-7-19-8-11-23-21(12-19)31-22(14-25(5)24(28)20-9-10-20)17(3)13-26(18(4)15-27)32(23,29)30/h8,11-12,16-18,20,22,27H,9-10,13-15H2,1-5H3/t17-,18-,22-/m0/s1. The number of benzene rings is 1. The molecule has 0 radical (unpaired) electrons. The fourth-order valence-corrected chi connectivity index (χ4v) is 5.58. The second-order valence-corrected chi connectivity index (χ2v) is 11.2. The molecule has 3 atom stereocenters. The van der Waals surface area contributed by atoms with Gasteiger partial charge in [-0.3, -0.25) is 4.79 Å². The van der Waals surface area contributed by atoms with Crippen LogP contribution in [0.4, 0.5) is 0 Å². The molecule has 176 valence electrons. The molecule has 1 amide bonds. The average molecular weight is 463 g/mol. The number of carbonyl (C=O) groups excluding carboxylic acids is 1. The molecule has 2 aliphatic rings. The molecule has 3 rings (SSSR count). The molecule has 0 unspecified atom stereocenters. The van der Waals surface area contributed by atoms with E-state index in [-0.39, 0.29) is 47.5 Å². The molecule has 1 aromatic carbocycles. The Morgan fingerprint density at radius 1 is 1.31 bits per heavy atom. The van der Waals surface area contributed by atoms with Gasteiger partial charge in [0, 0.05) is 43.0 Å². The summed E-state index contributed by atoms with van der Waals surface area (Å²) in [6.07, 6.45) is 1.44. The van der Waals surface area contributed by atoms with Crippen LogP contribution in [0.2, 0.25) is 0 Å². The molecule has 0 aromatic heterocycles. The molecule has 1 fully saturated rings. The van der Waals surface area contributed by atoms with Gasteiger partial charge in [0.05, 0.1) is 13.2 Å². The zero-order valence-corrected chi connectivity index (χ0v) is 20.4. The van der Waals surface area contributed by atoms with E-state index in [1.807, 2.05) is 20.8 Å². The van der Waals surface area contributed by atoms with Crippen LogP contribution in [0.3, 0.4) is 0 Å². The van der Waals surface area contributed by atoms with E-state index in [2.05, 4.69) is 11.8 Å². The molecule has 1 aromatic rings. The van der Waals surface area contributed by atoms with E-state index < -0.39 is 22.2 Å². The topological polar surface area (TPSA) is 87.2 Å². The first-order valence-electron chi connectivity index (χ1n) is 11.2. The van der Waals surface area contributed by atoms with E-state index in [0.717, 1.165) is 12.8 Å². The first-order valence-corrected chi connectivity index (χ1v) is 12.7. The molecule has 1 aliphatic carbocycles. The van der Waals surface area contributed by atoms with Crippen LogP contribution in [0.15, 0.2) is 23.1 Å². The van der Waals surface area contributed by atoms with Gasteiger partial charge in [-0.2, -0.15) is 4.31 Å². The first kappa shape index (κ1) is 24.6. The minimum Gasteiger partial charge on any atom is -0.487 e. The van der Waals surface area contributed by atoms with Gasteiger partial charge in [0.25, 0.3) is 0 Å². The summed E-state index contributed by atoms with van der Waals surface area (Å²) in [6.45, 7) is 7.84. The molecule has 8 heteroatoms. The van der Waals surface area contributed by atoms with Gasteiger partial charge in [-0.1, -0.05) is 32.6 Å². The summed E-state index contributed by atoms with van der Waals surface area (Å²) in [5.41, 5.74) is 0.670. The molecule has 1 saturated carbocycles. The Kier molecular flexibility index (Phi) is 7.53. The number of ether oxygens (including phenoxy) is 1. The summed E-state index contributed by atoms with van der Waals surface area (Å²) >= 11 is 0. The van der Waals surface area contributed by atoms with Crippen LogP contribution < -0.4 is 4.74 Å². The number of nitrogens with zero attached hydrogens (tertiary/aromatic N) is 2. The highest BCUT2D eigenvalue weighted by Crippen LogP contribution is 2.35. The second-order valence-electron chi connectivity index (χ2n) is 9.32. The minimum atomic E-state index is -3.89. The maximum atomic E-state index is 13.5. The lowest BCUT2D eigenvalue weighted by Crippen LogP contribution is -2.50. The number of hydrogen-bond donors (Lipinski definition) is 1. The predicted molar refractivity (Wildman–Crippen MR) is 123 cm³/mol. The molecule has 0 bridgehead atoms. The quantitative estimate of drug-likeness (QED) is 0.679. The highest BCUT2D eigenvalue weighted by atomic mass is 32.2. The van der Waals surface area contributed by atoms with Crippen molar-refractivity contribution >= 4 is 15.9 Å². The van der Waals surface area contributed by atoms with Gasteiger partial charge in [0.1, 0.15) is 16.7 Å². The van der Waals surface area contributed by atoms with Gasteiger partial charge in [-0.25, -0.2) is 8.42 Å². The van der Waals surface area contributed by atoms with Gasteiger partial charge < -0.3 is 14.7 Å². The van der Waals surface area contributed by atoms with E-state index in [1.165, 1.54) is 10.4 Å². The van der Waals surface area contributed by atoms with Crippen molar-refractivity contribution in [3.8, 4) is 17.6 Å². The van der Waals surface area contributed by atoms with Crippen molar-refractivity contribution < 1.29 is 23.1 Å². The van der Waals surface area contributed by atoms with E-state index in [4.69, 9.17) is 4.74 Å². The van der Waals surface area contributed by atoms with Gasteiger partial charge in [0.2, 0.25) is 15.9 Å². The lowest BCUT2D eigenvalue weighted by molar-refractivity contribution is -0.132. The van der Waals surface area contributed by atoms with Crippen LogP contribution in [0, 0.1) is 29.6 Å². The number of carbonyl (C=O) groups is 1. The molecule has 7 nitrogen and oxygen atoms in total. The highest BCUT2D eigenvalue weighted by molar-refractivity contribution is 7.89. The summed E-state index contributed by atoms with van der Waals surface area (Å²) in [5.74, 6) is 6.57.